The van der Waals surface area contributed by atoms with Crippen molar-refractivity contribution in [1.82, 2.24) is 15.2 Å². The molecule has 1 aromatic carbocycles. The van der Waals surface area contributed by atoms with E-state index in [0.29, 0.717) is 25.2 Å². The average Bonchev–Trinajstić information content (AvgIpc) is 3.22. The van der Waals surface area contributed by atoms with Crippen molar-refractivity contribution in [3.05, 3.63) is 59.9 Å². The van der Waals surface area contributed by atoms with Crippen LogP contribution in [0.25, 0.3) is 0 Å². The number of aromatic nitrogens is 1. The molecule has 0 spiro atoms. The first kappa shape index (κ1) is 19.9. The van der Waals surface area contributed by atoms with E-state index in [2.05, 4.69) is 24.1 Å². The van der Waals surface area contributed by atoms with Crippen LogP contribution in [0.4, 0.5) is 0 Å². The summed E-state index contributed by atoms with van der Waals surface area (Å²) in [6.07, 6.45) is 3.08. The zero-order chi connectivity index (χ0) is 20.1. The Kier molecular flexibility index (Phi) is 5.97. The lowest BCUT2D eigenvalue weighted by molar-refractivity contribution is -0.125. The summed E-state index contributed by atoms with van der Waals surface area (Å²) in [5.41, 5.74) is 1.25. The summed E-state index contributed by atoms with van der Waals surface area (Å²) in [6, 6.07) is 12.7. The third-order valence-corrected chi connectivity index (χ3v) is 5.28. The first-order valence-electron chi connectivity index (χ1n) is 9.56. The third kappa shape index (κ3) is 4.32. The molecule has 2 amide bonds. The summed E-state index contributed by atoms with van der Waals surface area (Å²) >= 11 is 0. The number of amides is 2. The van der Waals surface area contributed by atoms with Gasteiger partial charge in [0.15, 0.2) is 0 Å². The van der Waals surface area contributed by atoms with Crippen molar-refractivity contribution in [3.8, 4) is 5.75 Å². The SMILES string of the molecule is COc1ccc(C(C)(C)CNC(=O)[C@@H]2CCCN2C(=O)c2ccccn2)cc1. The van der Waals surface area contributed by atoms with Crippen LogP contribution < -0.4 is 10.1 Å². The molecule has 0 aliphatic carbocycles. The number of nitrogens with one attached hydrogen (secondary N) is 1. The van der Waals surface area contributed by atoms with Crippen molar-refractivity contribution < 1.29 is 14.3 Å². The molecule has 0 unspecified atom stereocenters. The molecule has 1 aliphatic heterocycles. The van der Waals surface area contributed by atoms with Gasteiger partial charge in [0.1, 0.15) is 17.5 Å². The zero-order valence-corrected chi connectivity index (χ0v) is 16.6. The van der Waals surface area contributed by atoms with Gasteiger partial charge in [-0.05, 0) is 42.7 Å². The van der Waals surface area contributed by atoms with Crippen LogP contribution in [0, 0.1) is 0 Å². The van der Waals surface area contributed by atoms with Crippen molar-refractivity contribution in [2.24, 2.45) is 0 Å². The number of hydrogen-bond donors (Lipinski definition) is 1. The second kappa shape index (κ2) is 8.42. The van der Waals surface area contributed by atoms with Crippen LogP contribution in [0.1, 0.15) is 42.7 Å². The quantitative estimate of drug-likeness (QED) is 0.835. The number of rotatable bonds is 6. The van der Waals surface area contributed by atoms with Gasteiger partial charge in [0.25, 0.3) is 5.91 Å². The molecule has 1 atom stereocenters. The Morgan fingerprint density at radius 3 is 2.61 bits per heavy atom. The maximum atomic E-state index is 12.8. The number of benzene rings is 1. The molecule has 0 saturated carbocycles. The second-order valence-electron chi connectivity index (χ2n) is 7.70. The van der Waals surface area contributed by atoms with Gasteiger partial charge in [-0.15, -0.1) is 0 Å². The van der Waals surface area contributed by atoms with Gasteiger partial charge in [0.05, 0.1) is 7.11 Å². The summed E-state index contributed by atoms with van der Waals surface area (Å²) in [7, 11) is 1.64. The van der Waals surface area contributed by atoms with E-state index < -0.39 is 6.04 Å². The van der Waals surface area contributed by atoms with Gasteiger partial charge in [-0.3, -0.25) is 14.6 Å². The topological polar surface area (TPSA) is 71.5 Å². The molecule has 148 valence electrons. The van der Waals surface area contributed by atoms with Gasteiger partial charge in [-0.2, -0.15) is 0 Å². The molecular formula is C22H27N3O3. The van der Waals surface area contributed by atoms with E-state index in [1.54, 1.807) is 36.4 Å². The number of hydrogen-bond acceptors (Lipinski definition) is 4. The Bertz CT molecular complexity index is 819. The van der Waals surface area contributed by atoms with Crippen molar-refractivity contribution in [2.45, 2.75) is 38.1 Å². The molecular weight excluding hydrogens is 354 g/mol. The normalized spacial score (nSPS) is 16.7. The Labute approximate surface area is 165 Å². The second-order valence-corrected chi connectivity index (χ2v) is 7.70. The minimum absolute atomic E-state index is 0.108. The summed E-state index contributed by atoms with van der Waals surface area (Å²) < 4.78 is 5.21. The first-order valence-corrected chi connectivity index (χ1v) is 9.56. The van der Waals surface area contributed by atoms with E-state index in [1.165, 1.54) is 0 Å². The molecule has 0 radical (unpaired) electrons. The fourth-order valence-corrected chi connectivity index (χ4v) is 3.49. The minimum Gasteiger partial charge on any atom is -0.497 e. The highest BCUT2D eigenvalue weighted by molar-refractivity contribution is 5.96. The Morgan fingerprint density at radius 1 is 1.21 bits per heavy atom. The fraction of sp³-hybridized carbons (Fsp3) is 0.409. The number of likely N-dealkylation sites (tertiary alicyclic amines) is 1. The summed E-state index contributed by atoms with van der Waals surface area (Å²) in [4.78, 5) is 31.3. The highest BCUT2D eigenvalue weighted by atomic mass is 16.5. The Balaban J connectivity index is 1.63. The molecule has 3 rings (SSSR count). The standard InChI is InChI=1S/C22H27N3O3/c1-22(2,16-9-11-17(28-3)12-10-16)15-24-20(26)19-8-6-14-25(19)21(27)18-7-4-5-13-23-18/h4-5,7,9-13,19H,6,8,14-15H2,1-3H3,(H,24,26)/t19-/m0/s1. The predicted octanol–water partition coefficient (Wildman–Crippen LogP) is 2.79. The van der Waals surface area contributed by atoms with Gasteiger partial charge < -0.3 is 15.0 Å². The van der Waals surface area contributed by atoms with Gasteiger partial charge in [-0.25, -0.2) is 0 Å². The van der Waals surface area contributed by atoms with Crippen molar-refractivity contribution in [1.29, 1.82) is 0 Å². The molecule has 1 fully saturated rings. The molecule has 28 heavy (non-hydrogen) atoms. The summed E-state index contributed by atoms with van der Waals surface area (Å²) in [5, 5.41) is 3.04. The molecule has 1 aromatic heterocycles. The lowest BCUT2D eigenvalue weighted by Gasteiger charge is -2.28. The van der Waals surface area contributed by atoms with Crippen LogP contribution in [0.2, 0.25) is 0 Å². The van der Waals surface area contributed by atoms with Crippen molar-refractivity contribution in [2.75, 3.05) is 20.2 Å². The van der Waals surface area contributed by atoms with Crippen molar-refractivity contribution in [3.63, 3.8) is 0 Å². The monoisotopic (exact) mass is 381 g/mol. The van der Waals surface area contributed by atoms with E-state index in [-0.39, 0.29) is 17.2 Å². The first-order chi connectivity index (χ1) is 13.4. The number of ether oxygens (including phenoxy) is 1. The smallest absolute Gasteiger partial charge is 0.273 e. The number of carbonyl (C=O) groups is 2. The third-order valence-electron chi connectivity index (χ3n) is 5.28. The van der Waals surface area contributed by atoms with Crippen LogP contribution in [-0.2, 0) is 10.2 Å². The van der Waals surface area contributed by atoms with Crippen LogP contribution in [0.5, 0.6) is 5.75 Å². The maximum Gasteiger partial charge on any atom is 0.273 e. The van der Waals surface area contributed by atoms with E-state index >= 15 is 0 Å². The van der Waals surface area contributed by atoms with E-state index in [1.807, 2.05) is 24.3 Å². The number of carbonyl (C=O) groups excluding carboxylic acids is 2. The number of pyridine rings is 1. The number of methoxy groups -OCH3 is 1. The highest BCUT2D eigenvalue weighted by Crippen LogP contribution is 2.25. The van der Waals surface area contributed by atoms with Gasteiger partial charge >= 0.3 is 0 Å². The van der Waals surface area contributed by atoms with Crippen LogP contribution >= 0.6 is 0 Å². The van der Waals surface area contributed by atoms with Crippen molar-refractivity contribution >= 4 is 11.8 Å². The lowest BCUT2D eigenvalue weighted by Crippen LogP contribution is -2.48. The van der Waals surface area contributed by atoms with E-state index in [0.717, 1.165) is 17.7 Å². The molecule has 2 aromatic rings. The number of nitrogens with zero attached hydrogens (tertiary/aromatic N) is 2. The van der Waals surface area contributed by atoms with Gasteiger partial charge in [-0.1, -0.05) is 32.0 Å². The van der Waals surface area contributed by atoms with Gasteiger partial charge in [0.2, 0.25) is 5.91 Å². The molecule has 1 N–H and O–H groups in total. The molecule has 1 saturated heterocycles. The zero-order valence-electron chi connectivity index (χ0n) is 16.6. The predicted molar refractivity (Wildman–Crippen MR) is 107 cm³/mol. The Morgan fingerprint density at radius 2 is 1.96 bits per heavy atom. The highest BCUT2D eigenvalue weighted by Gasteiger charge is 2.35. The van der Waals surface area contributed by atoms with Crippen LogP contribution in [-0.4, -0.2) is 47.9 Å². The Hall–Kier alpha value is -2.89. The largest absolute Gasteiger partial charge is 0.497 e. The van der Waals surface area contributed by atoms with Crippen LogP contribution in [0.15, 0.2) is 48.7 Å². The summed E-state index contributed by atoms with van der Waals surface area (Å²) in [5.74, 6) is 0.509. The molecule has 2 heterocycles. The molecule has 6 heteroatoms. The van der Waals surface area contributed by atoms with Crippen LogP contribution in [0.3, 0.4) is 0 Å². The molecule has 0 bridgehead atoms. The van der Waals surface area contributed by atoms with E-state index in [4.69, 9.17) is 4.74 Å². The van der Waals surface area contributed by atoms with E-state index in [9.17, 15) is 9.59 Å². The molecule has 6 nitrogen and oxygen atoms in total. The molecule has 1 aliphatic rings. The maximum absolute atomic E-state index is 12.8. The average molecular weight is 381 g/mol. The lowest BCUT2D eigenvalue weighted by atomic mass is 9.84. The van der Waals surface area contributed by atoms with Gasteiger partial charge in [0, 0.05) is 24.7 Å². The summed E-state index contributed by atoms with van der Waals surface area (Å²) in [6.45, 7) is 5.23. The minimum atomic E-state index is -0.443. The fourth-order valence-electron chi connectivity index (χ4n) is 3.49.